The van der Waals surface area contributed by atoms with E-state index in [1.165, 1.54) is 29.1 Å². The molecule has 1 saturated carbocycles. The quantitative estimate of drug-likeness (QED) is 0.107. The van der Waals surface area contributed by atoms with Crippen molar-refractivity contribution in [2.45, 2.75) is 174 Å². The van der Waals surface area contributed by atoms with Gasteiger partial charge in [-0.25, -0.2) is 0 Å². The van der Waals surface area contributed by atoms with Crippen LogP contribution in [0.2, 0.25) is 0 Å². The molecular formula is C52H76N6O9. The van der Waals surface area contributed by atoms with Crippen LogP contribution in [0.15, 0.2) is 60.7 Å². The van der Waals surface area contributed by atoms with Gasteiger partial charge in [0.25, 0.3) is 0 Å². The second kappa shape index (κ2) is 26.9. The van der Waals surface area contributed by atoms with E-state index in [4.69, 9.17) is 9.47 Å². The van der Waals surface area contributed by atoms with Crippen molar-refractivity contribution >= 4 is 41.4 Å². The third-order valence-electron chi connectivity index (χ3n) is 13.6. The number of benzene rings is 2. The summed E-state index contributed by atoms with van der Waals surface area (Å²) in [4.78, 5) is 101. The molecule has 15 nitrogen and oxygen atoms in total. The fourth-order valence-electron chi connectivity index (χ4n) is 9.56. The number of likely N-dealkylation sites (tertiary alicyclic amines) is 2. The van der Waals surface area contributed by atoms with E-state index in [0.717, 1.165) is 24.0 Å². The van der Waals surface area contributed by atoms with Gasteiger partial charge in [0.1, 0.15) is 36.8 Å². The van der Waals surface area contributed by atoms with Crippen molar-refractivity contribution in [1.29, 1.82) is 0 Å². The molecule has 3 aliphatic rings. The van der Waals surface area contributed by atoms with E-state index in [-0.39, 0.29) is 56.4 Å². The summed E-state index contributed by atoms with van der Waals surface area (Å²) in [5.41, 5.74) is 1.64. The topological polar surface area (TPSA) is 193 Å². The van der Waals surface area contributed by atoms with E-state index >= 15 is 0 Å². The summed E-state index contributed by atoms with van der Waals surface area (Å²) in [6.45, 7) is 10.5. The Bertz CT molecular complexity index is 1930. The number of carbonyl (C=O) groups excluding carboxylic acids is 7. The minimum Gasteiger partial charge on any atom is -0.461 e. The number of piperidine rings is 2. The van der Waals surface area contributed by atoms with Gasteiger partial charge in [-0.3, -0.25) is 33.6 Å². The van der Waals surface area contributed by atoms with Gasteiger partial charge >= 0.3 is 5.97 Å². The summed E-state index contributed by atoms with van der Waals surface area (Å²) in [6.07, 6.45) is 8.58. The highest BCUT2D eigenvalue weighted by Crippen LogP contribution is 2.32. The van der Waals surface area contributed by atoms with Crippen LogP contribution >= 0.6 is 0 Å². The molecule has 0 spiro atoms. The fraction of sp³-hybridized carbons (Fsp3) is 0.635. The molecule has 2 aromatic carbocycles. The van der Waals surface area contributed by atoms with Crippen LogP contribution in [0.1, 0.15) is 136 Å². The van der Waals surface area contributed by atoms with Crippen LogP contribution in [0.25, 0.3) is 0 Å². The molecule has 3 fully saturated rings. The molecule has 6 amide bonds. The summed E-state index contributed by atoms with van der Waals surface area (Å²) in [5.74, 6) is -3.15. The highest BCUT2D eigenvalue weighted by molar-refractivity contribution is 5.98. The normalized spacial score (nSPS) is 20.1. The molecular weight excluding hydrogens is 853 g/mol. The average molecular weight is 929 g/mol. The monoisotopic (exact) mass is 929 g/mol. The van der Waals surface area contributed by atoms with Gasteiger partial charge in [0.15, 0.2) is 0 Å². The number of hydrogen-bond donors (Lipinski definition) is 4. The maximum Gasteiger partial charge on any atom is 0.308 e. The zero-order valence-electron chi connectivity index (χ0n) is 40.5. The molecule has 0 radical (unpaired) electrons. The Morgan fingerprint density at radius 1 is 0.627 bits per heavy atom. The molecule has 2 aromatic rings. The van der Waals surface area contributed by atoms with Crippen molar-refractivity contribution in [3.05, 3.63) is 71.8 Å². The second-order valence-electron chi connectivity index (χ2n) is 19.1. The number of amides is 6. The minimum absolute atomic E-state index is 0.0536. The number of hydrogen-bond acceptors (Lipinski definition) is 9. The van der Waals surface area contributed by atoms with Crippen molar-refractivity contribution in [1.82, 2.24) is 31.1 Å². The van der Waals surface area contributed by atoms with Crippen LogP contribution in [0, 0.1) is 17.8 Å². The smallest absolute Gasteiger partial charge is 0.308 e. The first-order chi connectivity index (χ1) is 32.3. The third kappa shape index (κ3) is 15.9. The van der Waals surface area contributed by atoms with E-state index in [0.29, 0.717) is 57.4 Å². The van der Waals surface area contributed by atoms with Crippen LogP contribution in [0.3, 0.4) is 0 Å². The summed E-state index contributed by atoms with van der Waals surface area (Å²) in [7, 11) is 0. The standard InChI is InChI=1S/C52H76N6O9/c1-6-28-53-50(63)47(37(5)66-33-38-20-10-7-11-21-38)56-49(62)43-27-16-18-29-57(43)51(64)41(32-45(60)67-34-39-22-12-8-13-23-39)54-48(61)42-26-17-19-30-58(42)52(65)46(35(2)3)55-44(59)31-36(4)40-24-14-9-15-25-40/h7-8,10-13,20-23,35-37,40-43,46-47H,6,9,14-19,24-34H2,1-5H3,(H,53,63)(H,54,61)(H,55,59)(H,56,62)/t36-,37?,41-,42-,43-,46-,47-/m0/s1. The number of nitrogens with zero attached hydrogens (tertiary/aromatic N) is 2. The summed E-state index contributed by atoms with van der Waals surface area (Å²) in [5, 5.41) is 11.6. The van der Waals surface area contributed by atoms with Gasteiger partial charge in [-0.15, -0.1) is 0 Å². The van der Waals surface area contributed by atoms with Crippen molar-refractivity contribution < 1.29 is 43.0 Å². The largest absolute Gasteiger partial charge is 0.461 e. The molecule has 2 heterocycles. The first-order valence-corrected chi connectivity index (χ1v) is 24.9. The first-order valence-electron chi connectivity index (χ1n) is 24.9. The molecule has 0 aromatic heterocycles. The Kier molecular flexibility index (Phi) is 21.1. The molecule has 67 heavy (non-hydrogen) atoms. The maximum atomic E-state index is 14.8. The maximum absolute atomic E-state index is 14.8. The van der Waals surface area contributed by atoms with Crippen molar-refractivity contribution in [2.75, 3.05) is 19.6 Å². The molecule has 368 valence electrons. The predicted molar refractivity (Wildman–Crippen MR) is 255 cm³/mol. The average Bonchev–Trinajstić information content (AvgIpc) is 3.35. The van der Waals surface area contributed by atoms with Gasteiger partial charge < -0.3 is 40.5 Å². The second-order valence-corrected chi connectivity index (χ2v) is 19.1. The summed E-state index contributed by atoms with van der Waals surface area (Å²) < 4.78 is 11.7. The van der Waals surface area contributed by atoms with Crippen LogP contribution in [-0.4, -0.2) is 107 Å². The molecule has 15 heteroatoms. The molecule has 7 atom stereocenters. The number of carbonyl (C=O) groups is 7. The van der Waals surface area contributed by atoms with E-state index in [1.807, 2.05) is 69.3 Å². The van der Waals surface area contributed by atoms with Gasteiger partial charge in [-0.05, 0) is 80.8 Å². The number of esters is 1. The Morgan fingerprint density at radius 2 is 1.18 bits per heavy atom. The van der Waals surface area contributed by atoms with Gasteiger partial charge in [0.2, 0.25) is 35.4 Å². The lowest BCUT2D eigenvalue weighted by Gasteiger charge is -2.40. The lowest BCUT2D eigenvalue weighted by molar-refractivity contribution is -0.153. The van der Waals surface area contributed by atoms with Crippen molar-refractivity contribution in [2.24, 2.45) is 17.8 Å². The lowest BCUT2D eigenvalue weighted by atomic mass is 9.79. The van der Waals surface area contributed by atoms with E-state index in [1.54, 1.807) is 19.1 Å². The van der Waals surface area contributed by atoms with E-state index in [2.05, 4.69) is 28.2 Å². The zero-order chi connectivity index (χ0) is 48.3. The Labute approximate surface area is 397 Å². The minimum atomic E-state index is -1.44. The molecule has 2 aliphatic heterocycles. The fourth-order valence-corrected chi connectivity index (χ4v) is 9.56. The Hall–Kier alpha value is -5.31. The van der Waals surface area contributed by atoms with Crippen molar-refractivity contribution in [3.63, 3.8) is 0 Å². The molecule has 4 N–H and O–H groups in total. The number of nitrogens with one attached hydrogen (secondary N) is 4. The molecule has 0 bridgehead atoms. The predicted octanol–water partition coefficient (Wildman–Crippen LogP) is 5.73. The van der Waals surface area contributed by atoms with Gasteiger partial charge in [-0.2, -0.15) is 0 Å². The zero-order valence-corrected chi connectivity index (χ0v) is 40.5. The highest BCUT2D eigenvalue weighted by atomic mass is 16.5. The number of ether oxygens (including phenoxy) is 2. The van der Waals surface area contributed by atoms with Crippen LogP contribution in [-0.2, 0) is 56.2 Å². The van der Waals surface area contributed by atoms with Crippen molar-refractivity contribution in [3.8, 4) is 0 Å². The third-order valence-corrected chi connectivity index (χ3v) is 13.6. The summed E-state index contributed by atoms with van der Waals surface area (Å²) >= 11 is 0. The van der Waals surface area contributed by atoms with Crippen LogP contribution in [0.4, 0.5) is 0 Å². The highest BCUT2D eigenvalue weighted by Gasteiger charge is 2.42. The molecule has 2 saturated heterocycles. The van der Waals surface area contributed by atoms with E-state index < -0.39 is 72.3 Å². The van der Waals surface area contributed by atoms with Gasteiger partial charge in [0, 0.05) is 26.1 Å². The van der Waals surface area contributed by atoms with Crippen LogP contribution < -0.4 is 21.3 Å². The molecule has 5 rings (SSSR count). The lowest BCUT2D eigenvalue weighted by Crippen LogP contribution is -2.63. The van der Waals surface area contributed by atoms with Gasteiger partial charge in [-0.1, -0.05) is 120 Å². The first kappa shape index (κ1) is 52.7. The number of rotatable bonds is 22. The van der Waals surface area contributed by atoms with Gasteiger partial charge in [0.05, 0.1) is 19.1 Å². The molecule has 1 aliphatic carbocycles. The Morgan fingerprint density at radius 3 is 1.76 bits per heavy atom. The molecule has 1 unspecified atom stereocenters. The SMILES string of the molecule is CCCNC(=O)[C@@H](NC(=O)[C@@H]1CCCCN1C(=O)[C@H](CC(=O)OCc1ccccc1)NC(=O)[C@@H]1CCCCN1C(=O)[C@@H](NC(=O)C[C@H](C)C1CCCCC1)C(C)C)C(C)OCc1ccccc1. The van der Waals surface area contributed by atoms with Crippen LogP contribution in [0.5, 0.6) is 0 Å². The Balaban J connectivity index is 1.34. The van der Waals surface area contributed by atoms with E-state index in [9.17, 15) is 33.6 Å². The summed E-state index contributed by atoms with van der Waals surface area (Å²) in [6, 6.07) is 13.2.